The van der Waals surface area contributed by atoms with Gasteiger partial charge in [-0.15, -0.1) is 0 Å². The first kappa shape index (κ1) is 15.7. The molecule has 0 aliphatic carbocycles. The lowest BCUT2D eigenvalue weighted by molar-refractivity contribution is -0.128. The van der Waals surface area contributed by atoms with E-state index in [1.54, 1.807) is 6.92 Å². The fraction of sp³-hybridized carbons (Fsp3) is 0.562. The molecular weight excluding hydrogens is 238 g/mol. The summed E-state index contributed by atoms with van der Waals surface area (Å²) in [5.74, 6) is 0.0808. The fourth-order valence-electron chi connectivity index (χ4n) is 2.13. The van der Waals surface area contributed by atoms with Gasteiger partial charge in [0.1, 0.15) is 0 Å². The summed E-state index contributed by atoms with van der Waals surface area (Å²) in [6.07, 6.45) is 0.0437. The van der Waals surface area contributed by atoms with Crippen molar-refractivity contribution in [1.82, 2.24) is 5.32 Å². The Morgan fingerprint density at radius 1 is 1.32 bits per heavy atom. The second kappa shape index (κ2) is 7.29. The van der Waals surface area contributed by atoms with E-state index in [1.165, 1.54) is 5.56 Å². The topological polar surface area (TPSA) is 49.3 Å². The van der Waals surface area contributed by atoms with Gasteiger partial charge >= 0.3 is 0 Å². The fourth-order valence-corrected chi connectivity index (χ4v) is 2.13. The Morgan fingerprint density at radius 3 is 2.53 bits per heavy atom. The zero-order valence-electron chi connectivity index (χ0n) is 12.3. The third-order valence-electron chi connectivity index (χ3n) is 3.44. The van der Waals surface area contributed by atoms with Crippen LogP contribution in [0.3, 0.4) is 0 Å². The molecule has 19 heavy (non-hydrogen) atoms. The summed E-state index contributed by atoms with van der Waals surface area (Å²) in [6.45, 7) is 8.39. The van der Waals surface area contributed by atoms with Crippen molar-refractivity contribution in [3.63, 3.8) is 0 Å². The molecule has 0 spiro atoms. The van der Waals surface area contributed by atoms with E-state index < -0.39 is 6.10 Å². The van der Waals surface area contributed by atoms with Crippen LogP contribution < -0.4 is 5.32 Å². The van der Waals surface area contributed by atoms with Crippen molar-refractivity contribution in [3.05, 3.63) is 35.4 Å². The van der Waals surface area contributed by atoms with Gasteiger partial charge in [-0.1, -0.05) is 45.0 Å². The van der Waals surface area contributed by atoms with E-state index in [0.29, 0.717) is 18.9 Å². The first-order chi connectivity index (χ1) is 8.95. The van der Waals surface area contributed by atoms with Crippen molar-refractivity contribution in [2.75, 3.05) is 0 Å². The third-order valence-corrected chi connectivity index (χ3v) is 3.44. The number of benzene rings is 1. The van der Waals surface area contributed by atoms with Gasteiger partial charge in [-0.25, -0.2) is 0 Å². The van der Waals surface area contributed by atoms with Crippen molar-refractivity contribution in [2.45, 2.75) is 52.7 Å². The van der Waals surface area contributed by atoms with E-state index in [4.69, 9.17) is 0 Å². The van der Waals surface area contributed by atoms with Crippen LogP contribution in [0.1, 0.15) is 51.2 Å². The summed E-state index contributed by atoms with van der Waals surface area (Å²) in [7, 11) is 0. The van der Waals surface area contributed by atoms with Gasteiger partial charge in [0.05, 0.1) is 12.0 Å². The SMILES string of the molecule is CCC(C(=O)NCc1cccc(C(C)C)c1)C(C)O. The maximum absolute atomic E-state index is 11.9. The monoisotopic (exact) mass is 263 g/mol. The van der Waals surface area contributed by atoms with E-state index in [-0.39, 0.29) is 11.8 Å². The number of aliphatic hydroxyl groups is 1. The molecular formula is C16H25NO2. The largest absolute Gasteiger partial charge is 0.393 e. The minimum Gasteiger partial charge on any atom is -0.393 e. The molecule has 2 unspecified atom stereocenters. The lowest BCUT2D eigenvalue weighted by Gasteiger charge is -2.17. The smallest absolute Gasteiger partial charge is 0.225 e. The average Bonchev–Trinajstić information content (AvgIpc) is 2.37. The zero-order valence-corrected chi connectivity index (χ0v) is 12.3. The van der Waals surface area contributed by atoms with Crippen molar-refractivity contribution >= 4 is 5.91 Å². The quantitative estimate of drug-likeness (QED) is 0.829. The van der Waals surface area contributed by atoms with Crippen molar-refractivity contribution < 1.29 is 9.90 Å². The second-order valence-corrected chi connectivity index (χ2v) is 5.37. The highest BCUT2D eigenvalue weighted by atomic mass is 16.3. The van der Waals surface area contributed by atoms with Crippen LogP contribution in [0.4, 0.5) is 0 Å². The van der Waals surface area contributed by atoms with Crippen LogP contribution >= 0.6 is 0 Å². The molecule has 1 aromatic carbocycles. The highest BCUT2D eigenvalue weighted by Crippen LogP contribution is 2.16. The van der Waals surface area contributed by atoms with Crippen molar-refractivity contribution in [3.8, 4) is 0 Å². The zero-order chi connectivity index (χ0) is 14.4. The lowest BCUT2D eigenvalue weighted by atomic mass is 9.99. The predicted octanol–water partition coefficient (Wildman–Crippen LogP) is 2.83. The van der Waals surface area contributed by atoms with Crippen LogP contribution in [0.2, 0.25) is 0 Å². The van der Waals surface area contributed by atoms with Gasteiger partial charge in [0.15, 0.2) is 0 Å². The highest BCUT2D eigenvalue weighted by Gasteiger charge is 2.21. The van der Waals surface area contributed by atoms with Crippen molar-refractivity contribution in [1.29, 1.82) is 0 Å². The molecule has 0 saturated heterocycles. The molecule has 0 bridgehead atoms. The van der Waals surface area contributed by atoms with Gasteiger partial charge in [0.2, 0.25) is 5.91 Å². The number of nitrogens with one attached hydrogen (secondary N) is 1. The summed E-state index contributed by atoms with van der Waals surface area (Å²) in [5.41, 5.74) is 2.37. The Bertz CT molecular complexity index is 413. The number of carbonyl (C=O) groups excluding carboxylic acids is 1. The Balaban J connectivity index is 2.61. The predicted molar refractivity (Wildman–Crippen MR) is 77.8 cm³/mol. The number of rotatable bonds is 6. The first-order valence-electron chi connectivity index (χ1n) is 7.00. The maximum atomic E-state index is 11.9. The number of amides is 1. The van der Waals surface area contributed by atoms with Crippen LogP contribution in [0.25, 0.3) is 0 Å². The molecule has 3 nitrogen and oxygen atoms in total. The van der Waals surface area contributed by atoms with Gasteiger partial charge in [0, 0.05) is 6.54 Å². The van der Waals surface area contributed by atoms with Crippen LogP contribution in [0.5, 0.6) is 0 Å². The maximum Gasteiger partial charge on any atom is 0.225 e. The summed E-state index contributed by atoms with van der Waals surface area (Å²) >= 11 is 0. The molecule has 106 valence electrons. The highest BCUT2D eigenvalue weighted by molar-refractivity contribution is 5.79. The van der Waals surface area contributed by atoms with Gasteiger partial charge < -0.3 is 10.4 Å². The minimum absolute atomic E-state index is 0.0764. The van der Waals surface area contributed by atoms with E-state index in [2.05, 4.69) is 31.3 Å². The third kappa shape index (κ3) is 4.67. The number of hydrogen-bond donors (Lipinski definition) is 2. The second-order valence-electron chi connectivity index (χ2n) is 5.37. The molecule has 0 fully saturated rings. The molecule has 2 N–H and O–H groups in total. The van der Waals surface area contributed by atoms with Crippen LogP contribution in [0, 0.1) is 5.92 Å². The van der Waals surface area contributed by atoms with Gasteiger partial charge in [-0.05, 0) is 30.4 Å². The molecule has 0 radical (unpaired) electrons. The van der Waals surface area contributed by atoms with Gasteiger partial charge in [-0.2, -0.15) is 0 Å². The number of carbonyl (C=O) groups is 1. The Hall–Kier alpha value is -1.35. The first-order valence-corrected chi connectivity index (χ1v) is 7.00. The van der Waals surface area contributed by atoms with Crippen molar-refractivity contribution in [2.24, 2.45) is 5.92 Å². The normalized spacial score (nSPS) is 14.2. The Morgan fingerprint density at radius 2 is 2.00 bits per heavy atom. The standard InChI is InChI=1S/C16H25NO2/c1-5-15(12(4)18)16(19)17-10-13-7-6-8-14(9-13)11(2)3/h6-9,11-12,15,18H,5,10H2,1-4H3,(H,17,19). The van der Waals surface area contributed by atoms with Gasteiger partial charge in [-0.3, -0.25) is 4.79 Å². The minimum atomic E-state index is -0.605. The molecule has 0 aliphatic heterocycles. The average molecular weight is 263 g/mol. The molecule has 0 heterocycles. The van der Waals surface area contributed by atoms with E-state index >= 15 is 0 Å². The number of aliphatic hydroxyl groups excluding tert-OH is 1. The van der Waals surface area contributed by atoms with E-state index in [1.807, 2.05) is 19.1 Å². The molecule has 1 rings (SSSR count). The summed E-state index contributed by atoms with van der Waals surface area (Å²) in [4.78, 5) is 11.9. The van der Waals surface area contributed by atoms with Crippen LogP contribution in [0.15, 0.2) is 24.3 Å². The molecule has 3 heteroatoms. The van der Waals surface area contributed by atoms with Gasteiger partial charge in [0.25, 0.3) is 0 Å². The Labute approximate surface area is 116 Å². The summed E-state index contributed by atoms with van der Waals surface area (Å²) in [5, 5.41) is 12.4. The molecule has 0 aliphatic rings. The van der Waals surface area contributed by atoms with Crippen LogP contribution in [-0.2, 0) is 11.3 Å². The molecule has 1 aromatic rings. The van der Waals surface area contributed by atoms with E-state index in [0.717, 1.165) is 5.56 Å². The summed E-state index contributed by atoms with van der Waals surface area (Å²) < 4.78 is 0. The van der Waals surface area contributed by atoms with Crippen LogP contribution in [-0.4, -0.2) is 17.1 Å². The Kier molecular flexibility index (Phi) is 6.03. The molecule has 2 atom stereocenters. The number of hydrogen-bond acceptors (Lipinski definition) is 2. The molecule has 0 aromatic heterocycles. The lowest BCUT2D eigenvalue weighted by Crippen LogP contribution is -2.35. The molecule has 0 saturated carbocycles. The molecule has 1 amide bonds. The van der Waals surface area contributed by atoms with E-state index in [9.17, 15) is 9.90 Å². The summed E-state index contributed by atoms with van der Waals surface area (Å²) in [6, 6.07) is 8.24.